The highest BCUT2D eigenvalue weighted by Crippen LogP contribution is 2.27. The maximum atomic E-state index is 13.4. The number of Topliss-reactive ketones (excluding diaryl/α,β-unsaturated/α-hetero) is 1. The Kier molecular flexibility index (Phi) is 6.42. The summed E-state index contributed by atoms with van der Waals surface area (Å²) in [6.45, 7) is 3.72. The molecule has 0 aliphatic heterocycles. The van der Waals surface area contributed by atoms with Crippen LogP contribution < -0.4 is 5.56 Å². The van der Waals surface area contributed by atoms with Crippen LogP contribution in [0.25, 0.3) is 16.6 Å². The second kappa shape index (κ2) is 9.25. The van der Waals surface area contributed by atoms with Crippen molar-refractivity contribution in [3.8, 4) is 11.8 Å². The predicted molar refractivity (Wildman–Crippen MR) is 128 cm³/mol. The summed E-state index contributed by atoms with van der Waals surface area (Å²) >= 11 is 8.53. The van der Waals surface area contributed by atoms with E-state index in [1.165, 1.54) is 15.9 Å². The largest absolute Gasteiger partial charge is 0.297 e. The molecule has 32 heavy (non-hydrogen) atoms. The van der Waals surface area contributed by atoms with E-state index < -0.39 is 5.92 Å². The number of halogens is 1. The number of carbonyl (C=O) groups excluding carboxylic acids is 1. The van der Waals surface area contributed by atoms with E-state index in [9.17, 15) is 14.9 Å². The highest BCUT2D eigenvalue weighted by molar-refractivity contribution is 7.99. The number of hydrogen-bond acceptors (Lipinski definition) is 7. The van der Waals surface area contributed by atoms with Gasteiger partial charge in [0.2, 0.25) is 0 Å². The number of fused-ring (bicyclic) bond motifs is 1. The van der Waals surface area contributed by atoms with Crippen LogP contribution in [0.15, 0.2) is 57.8 Å². The lowest BCUT2D eigenvalue weighted by Gasteiger charge is -2.15. The van der Waals surface area contributed by atoms with E-state index in [0.29, 0.717) is 31.8 Å². The summed E-state index contributed by atoms with van der Waals surface area (Å²) in [7, 11) is 0. The molecule has 9 heteroatoms. The van der Waals surface area contributed by atoms with Crippen LogP contribution in [0.1, 0.15) is 22.2 Å². The van der Waals surface area contributed by atoms with Gasteiger partial charge in [0.25, 0.3) is 5.56 Å². The number of aryl methyl sites for hydroxylation is 2. The quantitative estimate of drug-likeness (QED) is 0.282. The van der Waals surface area contributed by atoms with Crippen molar-refractivity contribution in [3.63, 3.8) is 0 Å². The number of nitrogens with zero attached hydrogens (tertiary/aromatic N) is 4. The minimum atomic E-state index is -0.949. The predicted octanol–water partition coefficient (Wildman–Crippen LogP) is 5.08. The molecule has 1 unspecified atom stereocenters. The van der Waals surface area contributed by atoms with Crippen molar-refractivity contribution >= 4 is 51.4 Å². The Morgan fingerprint density at radius 1 is 1.25 bits per heavy atom. The van der Waals surface area contributed by atoms with Crippen LogP contribution in [0.4, 0.5) is 0 Å². The van der Waals surface area contributed by atoms with Gasteiger partial charge >= 0.3 is 0 Å². The summed E-state index contributed by atoms with van der Waals surface area (Å²) in [5.41, 5.74) is 2.56. The summed E-state index contributed by atoms with van der Waals surface area (Å²) in [6, 6.07) is 14.5. The molecular formula is C23H17ClN4O2S2. The molecule has 0 saturated heterocycles. The second-order valence-corrected chi connectivity index (χ2v) is 9.40. The minimum absolute atomic E-state index is 0.0265. The van der Waals surface area contributed by atoms with Gasteiger partial charge in [-0.05, 0) is 43.7 Å². The van der Waals surface area contributed by atoms with Crippen LogP contribution in [0.2, 0.25) is 5.02 Å². The number of ketones is 1. The van der Waals surface area contributed by atoms with E-state index in [4.69, 9.17) is 11.6 Å². The number of nitriles is 1. The zero-order valence-electron chi connectivity index (χ0n) is 17.2. The van der Waals surface area contributed by atoms with Gasteiger partial charge in [0.05, 0.1) is 28.4 Å². The van der Waals surface area contributed by atoms with Crippen molar-refractivity contribution in [1.82, 2.24) is 14.5 Å². The fourth-order valence-electron chi connectivity index (χ4n) is 3.25. The van der Waals surface area contributed by atoms with Gasteiger partial charge in [-0.2, -0.15) is 5.26 Å². The van der Waals surface area contributed by atoms with E-state index in [1.807, 2.05) is 43.5 Å². The van der Waals surface area contributed by atoms with Gasteiger partial charge in [-0.25, -0.2) is 9.97 Å². The van der Waals surface area contributed by atoms with Gasteiger partial charge in [0, 0.05) is 16.1 Å². The molecule has 2 aromatic carbocycles. The summed E-state index contributed by atoms with van der Waals surface area (Å²) in [6.07, 6.45) is 0. The van der Waals surface area contributed by atoms with E-state index in [1.54, 1.807) is 18.2 Å². The molecule has 0 fully saturated rings. The second-order valence-electron chi connectivity index (χ2n) is 7.13. The molecule has 160 valence electrons. The van der Waals surface area contributed by atoms with Crippen LogP contribution >= 0.6 is 34.7 Å². The molecule has 2 aromatic heterocycles. The molecule has 0 amide bonds. The van der Waals surface area contributed by atoms with Gasteiger partial charge in [-0.1, -0.05) is 41.6 Å². The molecule has 1 atom stereocenters. The molecule has 0 aliphatic rings. The first-order chi connectivity index (χ1) is 15.4. The topological polar surface area (TPSA) is 88.6 Å². The number of thioether (sulfide) groups is 1. The normalized spacial score (nSPS) is 11.9. The number of carbonyl (C=O) groups is 1. The zero-order chi connectivity index (χ0) is 22.8. The van der Waals surface area contributed by atoms with Crippen LogP contribution in [0, 0.1) is 25.2 Å². The molecule has 6 nitrogen and oxygen atoms in total. The van der Waals surface area contributed by atoms with E-state index in [0.717, 1.165) is 23.0 Å². The number of hydrogen-bond donors (Lipinski definition) is 0. The monoisotopic (exact) mass is 480 g/mol. The van der Waals surface area contributed by atoms with Gasteiger partial charge in [0.15, 0.2) is 16.9 Å². The van der Waals surface area contributed by atoms with Crippen molar-refractivity contribution < 1.29 is 4.79 Å². The third kappa shape index (κ3) is 4.32. The number of benzene rings is 2. The molecular weight excluding hydrogens is 464 g/mol. The van der Waals surface area contributed by atoms with Crippen LogP contribution in [0.3, 0.4) is 0 Å². The molecule has 0 N–H and O–H groups in total. The molecule has 0 spiro atoms. The minimum Gasteiger partial charge on any atom is -0.297 e. The Hall–Kier alpha value is -2.99. The molecule has 0 radical (unpaired) electrons. The summed E-state index contributed by atoms with van der Waals surface area (Å²) in [5.74, 6) is -1.26. The maximum Gasteiger partial charge on any atom is 0.266 e. The van der Waals surface area contributed by atoms with Crippen LogP contribution in [-0.4, -0.2) is 26.1 Å². The number of thiazole rings is 1. The standard InChI is InChI=1S/C23H17ClN4O2S2/c1-13-5-3-4-6-19(13)28-22(30)16-8-7-15(24)9-18(16)27-23(28)32-12-20(29)17(10-25)21-26-14(2)11-31-21/h3-9,11,17H,12H2,1-2H3. The van der Waals surface area contributed by atoms with Crippen molar-refractivity contribution in [2.45, 2.75) is 24.9 Å². The van der Waals surface area contributed by atoms with Crippen molar-refractivity contribution in [2.24, 2.45) is 0 Å². The van der Waals surface area contributed by atoms with Crippen molar-refractivity contribution in [2.75, 3.05) is 5.75 Å². The highest BCUT2D eigenvalue weighted by atomic mass is 35.5. The lowest BCUT2D eigenvalue weighted by molar-refractivity contribution is -0.116. The van der Waals surface area contributed by atoms with Crippen LogP contribution in [-0.2, 0) is 4.79 Å². The molecule has 0 aliphatic carbocycles. The first-order valence-electron chi connectivity index (χ1n) is 9.64. The number of para-hydroxylation sites is 1. The summed E-state index contributed by atoms with van der Waals surface area (Å²) in [5, 5.41) is 13.1. The van der Waals surface area contributed by atoms with E-state index in [2.05, 4.69) is 16.0 Å². The Bertz CT molecular complexity index is 1440. The van der Waals surface area contributed by atoms with Crippen molar-refractivity contribution in [3.05, 3.63) is 79.5 Å². The van der Waals surface area contributed by atoms with E-state index in [-0.39, 0.29) is 17.1 Å². The highest BCUT2D eigenvalue weighted by Gasteiger charge is 2.24. The van der Waals surface area contributed by atoms with Gasteiger partial charge in [-0.15, -0.1) is 11.3 Å². The van der Waals surface area contributed by atoms with Crippen LogP contribution in [0.5, 0.6) is 0 Å². The number of aromatic nitrogens is 3. The fraction of sp³-hybridized carbons (Fsp3) is 0.174. The van der Waals surface area contributed by atoms with E-state index >= 15 is 0 Å². The molecule has 0 bridgehead atoms. The Labute approximate surface area is 197 Å². The molecule has 4 rings (SSSR count). The van der Waals surface area contributed by atoms with Gasteiger partial charge < -0.3 is 0 Å². The lowest BCUT2D eigenvalue weighted by atomic mass is 10.1. The molecule has 2 heterocycles. The third-order valence-corrected chi connectivity index (χ3v) is 7.06. The molecule has 0 saturated carbocycles. The molecule has 4 aromatic rings. The average molecular weight is 481 g/mol. The Balaban J connectivity index is 1.76. The van der Waals surface area contributed by atoms with Crippen molar-refractivity contribution in [1.29, 1.82) is 5.26 Å². The maximum absolute atomic E-state index is 13.4. The Morgan fingerprint density at radius 2 is 2.03 bits per heavy atom. The average Bonchev–Trinajstić information content (AvgIpc) is 3.19. The SMILES string of the molecule is Cc1csc(C(C#N)C(=O)CSc2nc3cc(Cl)ccc3c(=O)n2-c2ccccc2C)n1. The first-order valence-corrected chi connectivity index (χ1v) is 11.9. The zero-order valence-corrected chi connectivity index (χ0v) is 19.6. The Morgan fingerprint density at radius 3 is 2.72 bits per heavy atom. The smallest absolute Gasteiger partial charge is 0.266 e. The fourth-order valence-corrected chi connectivity index (χ4v) is 5.19. The summed E-state index contributed by atoms with van der Waals surface area (Å²) in [4.78, 5) is 35.2. The number of rotatable bonds is 6. The van der Waals surface area contributed by atoms with Gasteiger partial charge in [0.1, 0.15) is 5.01 Å². The summed E-state index contributed by atoms with van der Waals surface area (Å²) < 4.78 is 1.51. The lowest BCUT2D eigenvalue weighted by Crippen LogP contribution is -2.23. The first kappa shape index (κ1) is 22.2. The van der Waals surface area contributed by atoms with Gasteiger partial charge in [-0.3, -0.25) is 14.2 Å². The third-order valence-electron chi connectivity index (χ3n) is 4.84.